The first-order valence-corrected chi connectivity index (χ1v) is 6.22. The molecule has 0 radical (unpaired) electrons. The van der Waals surface area contributed by atoms with Crippen molar-refractivity contribution in [2.24, 2.45) is 0 Å². The third kappa shape index (κ3) is 2.68. The Bertz CT molecular complexity index is 305. The van der Waals surface area contributed by atoms with E-state index in [1.807, 2.05) is 0 Å². The number of carbonyl (C=O) groups is 1. The van der Waals surface area contributed by atoms with Crippen molar-refractivity contribution in [1.82, 2.24) is 4.72 Å². The van der Waals surface area contributed by atoms with Crippen LogP contribution in [0.3, 0.4) is 0 Å². The maximum Gasteiger partial charge on any atom is 0.323 e. The zero-order chi connectivity index (χ0) is 10.8. The standard InChI is InChI=1S/C8H15NO4S/c1-6(8(10)11)14(12,13)9-7-4-2-3-5-7/h6-7,9H,2-5H2,1H3,(H,10,11). The first kappa shape index (κ1) is 11.5. The van der Waals surface area contributed by atoms with E-state index in [1.165, 1.54) is 6.92 Å². The lowest BCUT2D eigenvalue weighted by Gasteiger charge is -2.14. The predicted molar refractivity (Wildman–Crippen MR) is 51.4 cm³/mol. The largest absolute Gasteiger partial charge is 0.480 e. The van der Waals surface area contributed by atoms with Crippen LogP contribution in [0.4, 0.5) is 0 Å². The number of carboxylic acids is 1. The Morgan fingerprint density at radius 3 is 2.36 bits per heavy atom. The normalized spacial score (nSPS) is 20.9. The van der Waals surface area contributed by atoms with Crippen LogP contribution >= 0.6 is 0 Å². The number of aliphatic carboxylic acids is 1. The summed E-state index contributed by atoms with van der Waals surface area (Å²) < 4.78 is 25.3. The van der Waals surface area contributed by atoms with Gasteiger partial charge in [-0.3, -0.25) is 4.79 Å². The molecule has 0 heterocycles. The van der Waals surface area contributed by atoms with Gasteiger partial charge in [0.15, 0.2) is 5.25 Å². The topological polar surface area (TPSA) is 83.5 Å². The maximum absolute atomic E-state index is 11.4. The summed E-state index contributed by atoms with van der Waals surface area (Å²) >= 11 is 0. The minimum Gasteiger partial charge on any atom is -0.480 e. The monoisotopic (exact) mass is 221 g/mol. The summed E-state index contributed by atoms with van der Waals surface area (Å²) in [5.41, 5.74) is 0. The maximum atomic E-state index is 11.4. The van der Waals surface area contributed by atoms with E-state index in [4.69, 9.17) is 5.11 Å². The second-order valence-electron chi connectivity index (χ2n) is 3.62. The molecule has 0 aromatic rings. The minimum absolute atomic E-state index is 0.0678. The highest BCUT2D eigenvalue weighted by molar-refractivity contribution is 7.90. The molecule has 1 saturated carbocycles. The molecular weight excluding hydrogens is 206 g/mol. The van der Waals surface area contributed by atoms with E-state index in [9.17, 15) is 13.2 Å². The highest BCUT2D eigenvalue weighted by Crippen LogP contribution is 2.19. The SMILES string of the molecule is CC(C(=O)O)S(=O)(=O)NC1CCCC1. The van der Waals surface area contributed by atoms with Gasteiger partial charge in [-0.05, 0) is 19.8 Å². The average Bonchev–Trinajstić information content (AvgIpc) is 2.54. The molecule has 1 fully saturated rings. The van der Waals surface area contributed by atoms with Gasteiger partial charge < -0.3 is 5.11 Å². The molecule has 14 heavy (non-hydrogen) atoms. The molecule has 1 rings (SSSR count). The van der Waals surface area contributed by atoms with Crippen molar-refractivity contribution in [3.8, 4) is 0 Å². The zero-order valence-electron chi connectivity index (χ0n) is 8.06. The minimum atomic E-state index is -3.69. The van der Waals surface area contributed by atoms with E-state index < -0.39 is 21.2 Å². The first-order chi connectivity index (χ1) is 6.43. The molecule has 1 unspecified atom stereocenters. The van der Waals surface area contributed by atoms with Crippen LogP contribution in [0.15, 0.2) is 0 Å². The van der Waals surface area contributed by atoms with Crippen LogP contribution in [0, 0.1) is 0 Å². The van der Waals surface area contributed by atoms with Gasteiger partial charge >= 0.3 is 5.97 Å². The molecule has 0 aliphatic heterocycles. The van der Waals surface area contributed by atoms with E-state index in [2.05, 4.69) is 4.72 Å². The number of carboxylic acid groups (broad SMARTS) is 1. The van der Waals surface area contributed by atoms with Gasteiger partial charge in [-0.15, -0.1) is 0 Å². The molecule has 6 heteroatoms. The van der Waals surface area contributed by atoms with Crippen LogP contribution in [-0.2, 0) is 14.8 Å². The molecule has 0 aromatic heterocycles. The molecule has 0 amide bonds. The van der Waals surface area contributed by atoms with Crippen molar-refractivity contribution in [2.75, 3.05) is 0 Å². The smallest absolute Gasteiger partial charge is 0.323 e. The fourth-order valence-corrected chi connectivity index (χ4v) is 2.68. The molecule has 0 aromatic carbocycles. The number of sulfonamides is 1. The Morgan fingerprint density at radius 1 is 1.43 bits per heavy atom. The van der Waals surface area contributed by atoms with E-state index in [0.717, 1.165) is 25.7 Å². The number of hydrogen-bond acceptors (Lipinski definition) is 3. The highest BCUT2D eigenvalue weighted by Gasteiger charge is 2.30. The molecule has 0 bridgehead atoms. The van der Waals surface area contributed by atoms with Crippen molar-refractivity contribution in [2.45, 2.75) is 43.9 Å². The van der Waals surface area contributed by atoms with Gasteiger partial charge in [0.05, 0.1) is 0 Å². The summed E-state index contributed by atoms with van der Waals surface area (Å²) in [6.45, 7) is 1.18. The van der Waals surface area contributed by atoms with Crippen molar-refractivity contribution in [1.29, 1.82) is 0 Å². The van der Waals surface area contributed by atoms with Crippen LogP contribution in [0.2, 0.25) is 0 Å². The van der Waals surface area contributed by atoms with Gasteiger partial charge in [0.2, 0.25) is 10.0 Å². The van der Waals surface area contributed by atoms with Gasteiger partial charge in [0, 0.05) is 6.04 Å². The summed E-state index contributed by atoms with van der Waals surface area (Å²) in [7, 11) is -3.69. The van der Waals surface area contributed by atoms with Gasteiger partial charge in [0.1, 0.15) is 0 Å². The van der Waals surface area contributed by atoms with Gasteiger partial charge in [-0.1, -0.05) is 12.8 Å². The lowest BCUT2D eigenvalue weighted by molar-refractivity contribution is -0.136. The van der Waals surface area contributed by atoms with Crippen LogP contribution < -0.4 is 4.72 Å². The number of nitrogens with one attached hydrogen (secondary N) is 1. The average molecular weight is 221 g/mol. The van der Waals surface area contributed by atoms with Crippen LogP contribution in [0.25, 0.3) is 0 Å². The predicted octanol–water partition coefficient (Wildman–Crippen LogP) is 0.321. The quantitative estimate of drug-likeness (QED) is 0.716. The zero-order valence-corrected chi connectivity index (χ0v) is 8.88. The second kappa shape index (κ2) is 4.27. The van der Waals surface area contributed by atoms with Crippen molar-refractivity contribution >= 4 is 16.0 Å². The summed E-state index contributed by atoms with van der Waals surface area (Å²) in [6.07, 6.45) is 3.64. The van der Waals surface area contributed by atoms with Crippen molar-refractivity contribution in [3.05, 3.63) is 0 Å². The van der Waals surface area contributed by atoms with Crippen molar-refractivity contribution in [3.63, 3.8) is 0 Å². The van der Waals surface area contributed by atoms with E-state index in [1.54, 1.807) is 0 Å². The summed E-state index contributed by atoms with van der Waals surface area (Å²) in [5.74, 6) is -1.31. The third-order valence-electron chi connectivity index (χ3n) is 2.50. The molecule has 1 aliphatic rings. The summed E-state index contributed by atoms with van der Waals surface area (Å²) in [5, 5.41) is 7.20. The number of rotatable bonds is 4. The highest BCUT2D eigenvalue weighted by atomic mass is 32.2. The molecule has 0 saturated heterocycles. The molecule has 1 aliphatic carbocycles. The summed E-state index contributed by atoms with van der Waals surface area (Å²) in [6, 6.07) is -0.0678. The lowest BCUT2D eigenvalue weighted by atomic mass is 10.3. The van der Waals surface area contributed by atoms with Gasteiger partial charge in [0.25, 0.3) is 0 Å². The van der Waals surface area contributed by atoms with Crippen molar-refractivity contribution < 1.29 is 18.3 Å². The Balaban J connectivity index is 2.61. The molecule has 0 spiro atoms. The van der Waals surface area contributed by atoms with E-state index >= 15 is 0 Å². The Labute approximate surface area is 83.6 Å². The fraction of sp³-hybridized carbons (Fsp3) is 0.875. The molecular formula is C8H15NO4S. The number of hydrogen-bond donors (Lipinski definition) is 2. The lowest BCUT2D eigenvalue weighted by Crippen LogP contribution is -2.41. The Morgan fingerprint density at radius 2 is 1.93 bits per heavy atom. The molecule has 82 valence electrons. The molecule has 5 nitrogen and oxygen atoms in total. The third-order valence-corrected chi connectivity index (χ3v) is 4.29. The van der Waals surface area contributed by atoms with Gasteiger partial charge in [-0.25, -0.2) is 13.1 Å². The van der Waals surface area contributed by atoms with Crippen LogP contribution in [0.5, 0.6) is 0 Å². The molecule has 2 N–H and O–H groups in total. The molecule has 1 atom stereocenters. The van der Waals surface area contributed by atoms with Crippen LogP contribution in [-0.4, -0.2) is 30.8 Å². The fourth-order valence-electron chi connectivity index (χ4n) is 1.51. The Hall–Kier alpha value is -0.620. The van der Waals surface area contributed by atoms with E-state index in [0.29, 0.717) is 0 Å². The second-order valence-corrected chi connectivity index (χ2v) is 5.66. The van der Waals surface area contributed by atoms with E-state index in [-0.39, 0.29) is 6.04 Å². The summed E-state index contributed by atoms with van der Waals surface area (Å²) in [4.78, 5) is 10.5. The van der Waals surface area contributed by atoms with Crippen LogP contribution in [0.1, 0.15) is 32.6 Å². The van der Waals surface area contributed by atoms with Gasteiger partial charge in [-0.2, -0.15) is 0 Å². The first-order valence-electron chi connectivity index (χ1n) is 4.67. The Kier molecular flexibility index (Phi) is 3.49.